The zero-order chi connectivity index (χ0) is 14.8. The van der Waals surface area contributed by atoms with Crippen LogP contribution in [-0.4, -0.2) is 40.6 Å². The molecule has 0 radical (unpaired) electrons. The summed E-state index contributed by atoms with van der Waals surface area (Å²) in [6.07, 6.45) is -0.200. The number of amides is 1. The first-order chi connectivity index (χ1) is 9.39. The summed E-state index contributed by atoms with van der Waals surface area (Å²) >= 11 is 0. The lowest BCUT2D eigenvalue weighted by Gasteiger charge is -2.39. The Morgan fingerprint density at radius 2 is 2.20 bits per heavy atom. The van der Waals surface area contributed by atoms with Crippen LogP contribution in [-0.2, 0) is 20.9 Å². The first kappa shape index (κ1) is 14.5. The van der Waals surface area contributed by atoms with E-state index in [-0.39, 0.29) is 37.8 Å². The normalized spacial score (nSPS) is 22.9. The summed E-state index contributed by atoms with van der Waals surface area (Å²) in [6, 6.07) is 6.21. The first-order valence-electron chi connectivity index (χ1n) is 6.26. The number of nitrogens with zero attached hydrogens (tertiary/aromatic N) is 1. The smallest absolute Gasteiger partial charge is 0.306 e. The Morgan fingerprint density at radius 3 is 2.85 bits per heavy atom. The molecule has 1 aliphatic heterocycles. The Kier molecular flexibility index (Phi) is 4.04. The largest absolute Gasteiger partial charge is 0.481 e. The molecular formula is C14H16FNO4. The van der Waals surface area contributed by atoms with Gasteiger partial charge in [0.25, 0.3) is 0 Å². The van der Waals surface area contributed by atoms with Crippen molar-refractivity contribution in [2.75, 3.05) is 13.2 Å². The number of carboxylic acids is 1. The quantitative estimate of drug-likeness (QED) is 0.906. The van der Waals surface area contributed by atoms with Gasteiger partial charge >= 0.3 is 5.97 Å². The van der Waals surface area contributed by atoms with Crippen molar-refractivity contribution in [3.8, 4) is 0 Å². The lowest BCUT2D eigenvalue weighted by molar-refractivity contribution is -0.169. The van der Waals surface area contributed by atoms with Crippen molar-refractivity contribution in [3.63, 3.8) is 0 Å². The molecule has 0 spiro atoms. The molecule has 20 heavy (non-hydrogen) atoms. The highest BCUT2D eigenvalue weighted by molar-refractivity contribution is 5.79. The minimum absolute atomic E-state index is 0.115. The summed E-state index contributed by atoms with van der Waals surface area (Å²) < 4.78 is 18.9. The van der Waals surface area contributed by atoms with Gasteiger partial charge < -0.3 is 14.7 Å². The van der Waals surface area contributed by atoms with Crippen LogP contribution < -0.4 is 0 Å². The molecule has 0 bridgehead atoms. The second kappa shape index (κ2) is 5.58. The van der Waals surface area contributed by atoms with Crippen molar-refractivity contribution < 1.29 is 23.8 Å². The average molecular weight is 281 g/mol. The third-order valence-corrected chi connectivity index (χ3v) is 3.27. The molecule has 1 saturated heterocycles. The summed E-state index contributed by atoms with van der Waals surface area (Å²) in [4.78, 5) is 24.1. The zero-order valence-corrected chi connectivity index (χ0v) is 11.1. The Hall–Kier alpha value is -1.95. The number of carbonyl (C=O) groups excluding carboxylic acids is 1. The predicted octanol–water partition coefficient (Wildman–Crippen LogP) is 1.42. The average Bonchev–Trinajstić information content (AvgIpc) is 2.36. The van der Waals surface area contributed by atoms with E-state index in [1.165, 1.54) is 11.0 Å². The van der Waals surface area contributed by atoms with Gasteiger partial charge in [-0.1, -0.05) is 18.2 Å². The number of hydrogen-bond acceptors (Lipinski definition) is 3. The summed E-state index contributed by atoms with van der Waals surface area (Å²) in [6.45, 7) is 1.71. The van der Waals surface area contributed by atoms with Gasteiger partial charge in [-0.3, -0.25) is 9.59 Å². The number of benzene rings is 1. The van der Waals surface area contributed by atoms with Crippen LogP contribution in [0, 0.1) is 5.82 Å². The molecule has 5 nitrogen and oxygen atoms in total. The van der Waals surface area contributed by atoms with Crippen molar-refractivity contribution in [2.45, 2.75) is 25.5 Å². The van der Waals surface area contributed by atoms with Gasteiger partial charge in [0.1, 0.15) is 12.4 Å². The van der Waals surface area contributed by atoms with Gasteiger partial charge in [-0.15, -0.1) is 0 Å². The highest BCUT2D eigenvalue weighted by Crippen LogP contribution is 2.24. The molecule has 1 heterocycles. The number of aliphatic carboxylic acids is 1. The van der Waals surface area contributed by atoms with E-state index < -0.39 is 11.6 Å². The Morgan fingerprint density at radius 1 is 1.50 bits per heavy atom. The van der Waals surface area contributed by atoms with Crippen LogP contribution in [0.15, 0.2) is 24.3 Å². The molecule has 6 heteroatoms. The van der Waals surface area contributed by atoms with Crippen molar-refractivity contribution in [1.82, 2.24) is 4.90 Å². The van der Waals surface area contributed by atoms with E-state index in [0.29, 0.717) is 5.56 Å². The summed E-state index contributed by atoms with van der Waals surface area (Å²) in [5.74, 6) is -1.64. The number of hydrogen-bond donors (Lipinski definition) is 1. The first-order valence-corrected chi connectivity index (χ1v) is 6.26. The molecule has 1 unspecified atom stereocenters. The van der Waals surface area contributed by atoms with Gasteiger partial charge in [0.2, 0.25) is 5.91 Å². The Labute approximate surface area is 116 Å². The lowest BCUT2D eigenvalue weighted by atomic mass is 9.99. The fourth-order valence-corrected chi connectivity index (χ4v) is 2.27. The number of rotatable bonds is 4. The lowest BCUT2D eigenvalue weighted by Crippen LogP contribution is -2.53. The van der Waals surface area contributed by atoms with Crippen molar-refractivity contribution >= 4 is 11.9 Å². The number of carbonyl (C=O) groups is 2. The topological polar surface area (TPSA) is 66.8 Å². The number of morpholine rings is 1. The third kappa shape index (κ3) is 3.33. The maximum Gasteiger partial charge on any atom is 0.306 e. The van der Waals surface area contributed by atoms with Crippen LogP contribution >= 0.6 is 0 Å². The Bertz CT molecular complexity index is 534. The van der Waals surface area contributed by atoms with Crippen molar-refractivity contribution in [2.24, 2.45) is 0 Å². The number of halogens is 1. The van der Waals surface area contributed by atoms with E-state index in [1.54, 1.807) is 25.1 Å². The van der Waals surface area contributed by atoms with Gasteiger partial charge in [0.05, 0.1) is 18.6 Å². The summed E-state index contributed by atoms with van der Waals surface area (Å²) in [7, 11) is 0. The second-order valence-corrected chi connectivity index (χ2v) is 5.15. The fourth-order valence-electron chi connectivity index (χ4n) is 2.27. The molecule has 1 aromatic carbocycles. The maximum atomic E-state index is 13.6. The molecule has 2 rings (SSSR count). The fraction of sp³-hybridized carbons (Fsp3) is 0.429. The predicted molar refractivity (Wildman–Crippen MR) is 68.4 cm³/mol. The van der Waals surface area contributed by atoms with Gasteiger partial charge in [-0.05, 0) is 13.0 Å². The minimum Gasteiger partial charge on any atom is -0.481 e. The Balaban J connectivity index is 2.12. The molecular weight excluding hydrogens is 265 g/mol. The molecule has 1 N–H and O–H groups in total. The molecule has 1 aromatic rings. The molecule has 0 aromatic heterocycles. The van der Waals surface area contributed by atoms with E-state index in [2.05, 4.69) is 0 Å². The number of ether oxygens (including phenoxy) is 1. The molecule has 1 atom stereocenters. The van der Waals surface area contributed by atoms with Gasteiger partial charge in [0.15, 0.2) is 0 Å². The van der Waals surface area contributed by atoms with E-state index in [4.69, 9.17) is 9.84 Å². The standard InChI is InChI=1S/C14H16FNO4/c1-14(6-13(18)19)9-16(12(17)8-20-14)7-10-4-2-3-5-11(10)15/h2-5H,6-9H2,1H3,(H,18,19). The summed E-state index contributed by atoms with van der Waals surface area (Å²) in [5.41, 5.74) is -0.536. The van der Waals surface area contributed by atoms with Crippen molar-refractivity contribution in [3.05, 3.63) is 35.6 Å². The molecule has 0 saturated carbocycles. The van der Waals surface area contributed by atoms with Gasteiger partial charge in [-0.25, -0.2) is 4.39 Å². The SMILES string of the molecule is CC1(CC(=O)O)CN(Cc2ccccc2F)C(=O)CO1. The molecule has 1 amide bonds. The summed E-state index contributed by atoms with van der Waals surface area (Å²) in [5, 5.41) is 8.87. The molecule has 1 fully saturated rings. The van der Waals surface area contributed by atoms with Gasteiger partial charge in [-0.2, -0.15) is 0 Å². The van der Waals surface area contributed by atoms with Crippen molar-refractivity contribution in [1.29, 1.82) is 0 Å². The third-order valence-electron chi connectivity index (χ3n) is 3.27. The highest BCUT2D eigenvalue weighted by atomic mass is 19.1. The van der Waals surface area contributed by atoms with Crippen LogP contribution in [0.1, 0.15) is 18.9 Å². The maximum absolute atomic E-state index is 13.6. The molecule has 0 aliphatic carbocycles. The highest BCUT2D eigenvalue weighted by Gasteiger charge is 2.37. The van der Waals surface area contributed by atoms with Crippen LogP contribution in [0.2, 0.25) is 0 Å². The number of carboxylic acid groups (broad SMARTS) is 1. The second-order valence-electron chi connectivity index (χ2n) is 5.15. The minimum atomic E-state index is -0.993. The zero-order valence-electron chi connectivity index (χ0n) is 11.1. The van der Waals surface area contributed by atoms with E-state index in [9.17, 15) is 14.0 Å². The van der Waals surface area contributed by atoms with E-state index >= 15 is 0 Å². The molecule has 1 aliphatic rings. The van der Waals surface area contributed by atoms with Crippen LogP contribution in [0.3, 0.4) is 0 Å². The van der Waals surface area contributed by atoms with Crippen LogP contribution in [0.4, 0.5) is 4.39 Å². The van der Waals surface area contributed by atoms with Crippen LogP contribution in [0.5, 0.6) is 0 Å². The van der Waals surface area contributed by atoms with E-state index in [0.717, 1.165) is 0 Å². The van der Waals surface area contributed by atoms with Crippen LogP contribution in [0.25, 0.3) is 0 Å². The van der Waals surface area contributed by atoms with Gasteiger partial charge in [0, 0.05) is 12.1 Å². The van der Waals surface area contributed by atoms with E-state index in [1.807, 2.05) is 0 Å². The monoisotopic (exact) mass is 281 g/mol. The molecule has 108 valence electrons.